The largest absolute Gasteiger partial charge is 0.490 e. The normalized spacial score (nSPS) is 17.0. The molecule has 6 heteroatoms. The van der Waals surface area contributed by atoms with E-state index < -0.39 is 0 Å². The van der Waals surface area contributed by atoms with Crippen LogP contribution in [0.2, 0.25) is 5.02 Å². The zero-order valence-electron chi connectivity index (χ0n) is 11.9. The Morgan fingerprint density at radius 3 is 2.81 bits per heavy atom. The van der Waals surface area contributed by atoms with Crippen molar-refractivity contribution in [2.75, 3.05) is 19.6 Å². The van der Waals surface area contributed by atoms with Crippen LogP contribution in [-0.4, -0.2) is 45.4 Å². The predicted octanol–water partition coefficient (Wildman–Crippen LogP) is 2.47. The maximum atomic E-state index is 6.00. The van der Waals surface area contributed by atoms with Crippen molar-refractivity contribution in [3.05, 3.63) is 41.9 Å². The summed E-state index contributed by atoms with van der Waals surface area (Å²) in [5.41, 5.74) is 0. The van der Waals surface area contributed by atoms with Gasteiger partial charge in [-0.3, -0.25) is 4.68 Å². The molecule has 3 rings (SSSR count). The van der Waals surface area contributed by atoms with E-state index in [0.717, 1.165) is 49.8 Å². The first-order valence-corrected chi connectivity index (χ1v) is 7.64. The SMILES string of the molecule is Clc1cccc(OC2CCN(CCn3cncn3)CC2)c1. The molecule has 0 amide bonds. The molecule has 1 aliphatic heterocycles. The number of ether oxygens (including phenoxy) is 1. The second-order valence-corrected chi connectivity index (χ2v) is 5.71. The van der Waals surface area contributed by atoms with Gasteiger partial charge in [-0.15, -0.1) is 0 Å². The topological polar surface area (TPSA) is 43.2 Å². The van der Waals surface area contributed by atoms with E-state index in [2.05, 4.69) is 15.0 Å². The molecule has 0 N–H and O–H groups in total. The first-order valence-electron chi connectivity index (χ1n) is 7.26. The van der Waals surface area contributed by atoms with Crippen LogP contribution in [-0.2, 0) is 6.54 Å². The van der Waals surface area contributed by atoms with E-state index in [4.69, 9.17) is 16.3 Å². The third-order valence-corrected chi connectivity index (χ3v) is 3.98. The molecule has 5 nitrogen and oxygen atoms in total. The number of benzene rings is 1. The molecular formula is C15H19ClN4O. The van der Waals surface area contributed by atoms with Gasteiger partial charge >= 0.3 is 0 Å². The fraction of sp³-hybridized carbons (Fsp3) is 0.467. The van der Waals surface area contributed by atoms with E-state index in [1.165, 1.54) is 0 Å². The molecule has 0 aliphatic carbocycles. The van der Waals surface area contributed by atoms with Crippen molar-refractivity contribution in [3.63, 3.8) is 0 Å². The number of piperidine rings is 1. The van der Waals surface area contributed by atoms with Crippen molar-refractivity contribution >= 4 is 11.6 Å². The number of hydrogen-bond donors (Lipinski definition) is 0. The average molecular weight is 307 g/mol. The van der Waals surface area contributed by atoms with Crippen LogP contribution in [0.3, 0.4) is 0 Å². The predicted molar refractivity (Wildman–Crippen MR) is 81.6 cm³/mol. The van der Waals surface area contributed by atoms with Crippen LogP contribution in [0.25, 0.3) is 0 Å². The zero-order chi connectivity index (χ0) is 14.5. The fourth-order valence-electron chi connectivity index (χ4n) is 2.58. The number of aromatic nitrogens is 3. The Hall–Kier alpha value is -1.59. The molecule has 0 radical (unpaired) electrons. The lowest BCUT2D eigenvalue weighted by atomic mass is 10.1. The van der Waals surface area contributed by atoms with Gasteiger partial charge in [0.1, 0.15) is 24.5 Å². The van der Waals surface area contributed by atoms with E-state index in [1.807, 2.05) is 28.9 Å². The van der Waals surface area contributed by atoms with E-state index in [-0.39, 0.29) is 6.10 Å². The second-order valence-electron chi connectivity index (χ2n) is 5.27. The molecule has 0 bridgehead atoms. The smallest absolute Gasteiger partial charge is 0.137 e. The molecule has 2 heterocycles. The first-order chi connectivity index (χ1) is 10.3. The molecule has 0 unspecified atom stereocenters. The van der Waals surface area contributed by atoms with Gasteiger partial charge in [-0.2, -0.15) is 5.10 Å². The third-order valence-electron chi connectivity index (χ3n) is 3.75. The van der Waals surface area contributed by atoms with Crippen molar-refractivity contribution < 1.29 is 4.74 Å². The highest BCUT2D eigenvalue weighted by atomic mass is 35.5. The summed E-state index contributed by atoms with van der Waals surface area (Å²) in [6.45, 7) is 4.01. The van der Waals surface area contributed by atoms with Crippen LogP contribution in [0.1, 0.15) is 12.8 Å². The Balaban J connectivity index is 1.42. The van der Waals surface area contributed by atoms with Gasteiger partial charge in [-0.25, -0.2) is 4.98 Å². The maximum absolute atomic E-state index is 6.00. The summed E-state index contributed by atoms with van der Waals surface area (Å²) in [5.74, 6) is 0.864. The summed E-state index contributed by atoms with van der Waals surface area (Å²) in [4.78, 5) is 6.40. The lowest BCUT2D eigenvalue weighted by Crippen LogP contribution is -2.39. The van der Waals surface area contributed by atoms with E-state index >= 15 is 0 Å². The monoisotopic (exact) mass is 306 g/mol. The minimum Gasteiger partial charge on any atom is -0.490 e. The van der Waals surface area contributed by atoms with E-state index in [9.17, 15) is 0 Å². The van der Waals surface area contributed by atoms with Gasteiger partial charge in [-0.1, -0.05) is 17.7 Å². The van der Waals surface area contributed by atoms with Crippen molar-refractivity contribution in [2.45, 2.75) is 25.5 Å². The van der Waals surface area contributed by atoms with Crippen molar-refractivity contribution in [1.82, 2.24) is 19.7 Å². The van der Waals surface area contributed by atoms with Crippen LogP contribution in [0, 0.1) is 0 Å². The van der Waals surface area contributed by atoms with Gasteiger partial charge in [0.15, 0.2) is 0 Å². The Bertz CT molecular complexity index is 553. The summed E-state index contributed by atoms with van der Waals surface area (Å²) in [6, 6.07) is 7.62. The average Bonchev–Trinajstić information content (AvgIpc) is 3.00. The molecule has 0 atom stereocenters. The van der Waals surface area contributed by atoms with Gasteiger partial charge in [-0.05, 0) is 31.0 Å². The third kappa shape index (κ3) is 4.19. The Kier molecular flexibility index (Phi) is 4.72. The summed E-state index contributed by atoms with van der Waals surface area (Å²) < 4.78 is 7.87. The highest BCUT2D eigenvalue weighted by molar-refractivity contribution is 6.30. The molecule has 0 saturated carbocycles. The molecule has 1 fully saturated rings. The van der Waals surface area contributed by atoms with Gasteiger partial charge < -0.3 is 9.64 Å². The Morgan fingerprint density at radius 2 is 2.10 bits per heavy atom. The van der Waals surface area contributed by atoms with Crippen molar-refractivity contribution in [1.29, 1.82) is 0 Å². The molecule has 1 saturated heterocycles. The second kappa shape index (κ2) is 6.91. The molecule has 1 aliphatic rings. The molecule has 1 aromatic carbocycles. The molecule has 0 spiro atoms. The molecule has 112 valence electrons. The van der Waals surface area contributed by atoms with Crippen LogP contribution < -0.4 is 4.74 Å². The standard InChI is InChI=1S/C15H19ClN4O/c16-13-2-1-3-15(10-13)21-14-4-6-19(7-5-14)8-9-20-12-17-11-18-20/h1-3,10-12,14H,4-9H2. The molecule has 1 aromatic heterocycles. The molecule has 2 aromatic rings. The Labute approximate surface area is 129 Å². The van der Waals surface area contributed by atoms with Crippen LogP contribution in [0.5, 0.6) is 5.75 Å². The zero-order valence-corrected chi connectivity index (χ0v) is 12.6. The van der Waals surface area contributed by atoms with E-state index in [1.54, 1.807) is 12.7 Å². The van der Waals surface area contributed by atoms with Gasteiger partial charge in [0, 0.05) is 24.7 Å². The lowest BCUT2D eigenvalue weighted by molar-refractivity contribution is 0.0980. The molecule has 21 heavy (non-hydrogen) atoms. The van der Waals surface area contributed by atoms with E-state index in [0.29, 0.717) is 0 Å². The summed E-state index contributed by atoms with van der Waals surface area (Å²) in [5, 5.41) is 4.84. The van der Waals surface area contributed by atoms with Gasteiger partial charge in [0.2, 0.25) is 0 Å². The summed E-state index contributed by atoms with van der Waals surface area (Å²) in [7, 11) is 0. The summed E-state index contributed by atoms with van der Waals surface area (Å²) >= 11 is 5.97. The Morgan fingerprint density at radius 1 is 1.24 bits per heavy atom. The number of hydrogen-bond acceptors (Lipinski definition) is 4. The quantitative estimate of drug-likeness (QED) is 0.851. The van der Waals surface area contributed by atoms with Crippen molar-refractivity contribution in [3.8, 4) is 5.75 Å². The highest BCUT2D eigenvalue weighted by Crippen LogP contribution is 2.22. The highest BCUT2D eigenvalue weighted by Gasteiger charge is 2.20. The minimum absolute atomic E-state index is 0.283. The summed E-state index contributed by atoms with van der Waals surface area (Å²) in [6.07, 6.45) is 5.71. The van der Waals surface area contributed by atoms with Gasteiger partial charge in [0.05, 0.1) is 6.54 Å². The molecular weight excluding hydrogens is 288 g/mol. The van der Waals surface area contributed by atoms with Crippen LogP contribution in [0.15, 0.2) is 36.9 Å². The minimum atomic E-state index is 0.283. The number of nitrogens with zero attached hydrogens (tertiary/aromatic N) is 4. The lowest BCUT2D eigenvalue weighted by Gasteiger charge is -2.32. The van der Waals surface area contributed by atoms with Crippen LogP contribution >= 0.6 is 11.6 Å². The first kappa shape index (κ1) is 14.4. The van der Waals surface area contributed by atoms with Crippen LogP contribution in [0.4, 0.5) is 0 Å². The number of rotatable bonds is 5. The number of likely N-dealkylation sites (tertiary alicyclic amines) is 1. The number of halogens is 1. The van der Waals surface area contributed by atoms with Gasteiger partial charge in [0.25, 0.3) is 0 Å². The van der Waals surface area contributed by atoms with Crippen molar-refractivity contribution in [2.24, 2.45) is 0 Å². The maximum Gasteiger partial charge on any atom is 0.137 e. The fourth-order valence-corrected chi connectivity index (χ4v) is 2.76.